The highest BCUT2D eigenvalue weighted by Crippen LogP contribution is 2.37. The molecule has 0 unspecified atom stereocenters. The average Bonchev–Trinajstić information content (AvgIpc) is 2.72. The summed E-state index contributed by atoms with van der Waals surface area (Å²) in [6.45, 7) is 1.38. The molecule has 1 aromatic rings. The summed E-state index contributed by atoms with van der Waals surface area (Å²) >= 11 is 7.19. The number of carbonyl (C=O) groups excluding carboxylic acids is 3. The van der Waals surface area contributed by atoms with E-state index in [9.17, 15) is 19.5 Å². The van der Waals surface area contributed by atoms with E-state index in [1.807, 2.05) is 0 Å². The molecule has 2 rings (SSSR count). The first-order valence-electron chi connectivity index (χ1n) is 6.42. The van der Waals surface area contributed by atoms with Crippen LogP contribution in [0, 0.1) is 0 Å². The molecule has 1 fully saturated rings. The maximum Gasteiger partial charge on any atom is 0.326 e. The molecule has 1 aliphatic rings. The number of hydrogen-bond donors (Lipinski definition) is 1. The number of hydrogen-bond acceptors (Lipinski definition) is 6. The Kier molecular flexibility index (Phi) is 5.88. The summed E-state index contributed by atoms with van der Waals surface area (Å²) in [5.41, 5.74) is 0.368. The third kappa shape index (κ3) is 4.15. The molecule has 0 atom stereocenters. The standard InChI is InChI=1S/C14H11Br2NO5S/c1-2-22-11(18)6-17-13(20)10(23-14(17)21)4-7-3-8(15)5-9(16)12(7)19/h3-5,19H,2,6H2,1H3/b10-4-. The van der Waals surface area contributed by atoms with Crippen molar-refractivity contribution in [1.82, 2.24) is 4.90 Å². The Hall–Kier alpha value is -1.32. The molecule has 23 heavy (non-hydrogen) atoms. The zero-order valence-electron chi connectivity index (χ0n) is 11.8. The normalized spacial score (nSPS) is 16.3. The predicted octanol–water partition coefficient (Wildman–Crippen LogP) is 3.52. The molecule has 0 spiro atoms. The van der Waals surface area contributed by atoms with Gasteiger partial charge in [-0.2, -0.15) is 0 Å². The molecule has 1 saturated heterocycles. The van der Waals surface area contributed by atoms with Crippen LogP contribution in [0.1, 0.15) is 12.5 Å². The lowest BCUT2D eigenvalue weighted by Crippen LogP contribution is -2.34. The minimum atomic E-state index is -0.649. The van der Waals surface area contributed by atoms with Gasteiger partial charge in [-0.3, -0.25) is 19.3 Å². The van der Waals surface area contributed by atoms with Crippen LogP contribution >= 0.6 is 43.6 Å². The zero-order valence-corrected chi connectivity index (χ0v) is 15.8. The summed E-state index contributed by atoms with van der Waals surface area (Å²) in [5.74, 6) is -1.29. The first-order chi connectivity index (χ1) is 10.8. The number of phenolic OH excluding ortho intramolecular Hbond substituents is 1. The number of phenols is 1. The van der Waals surface area contributed by atoms with Crippen LogP contribution in [0.15, 0.2) is 26.0 Å². The number of amides is 2. The van der Waals surface area contributed by atoms with E-state index in [2.05, 4.69) is 31.9 Å². The molecule has 1 heterocycles. The Balaban J connectivity index is 2.27. The number of esters is 1. The van der Waals surface area contributed by atoms with E-state index in [0.717, 1.165) is 4.90 Å². The third-order valence-electron chi connectivity index (χ3n) is 2.81. The Morgan fingerprint density at radius 1 is 1.39 bits per heavy atom. The number of aromatic hydroxyl groups is 1. The molecule has 0 bridgehead atoms. The highest BCUT2D eigenvalue weighted by Gasteiger charge is 2.36. The Bertz CT molecular complexity index is 719. The smallest absolute Gasteiger partial charge is 0.326 e. The monoisotopic (exact) mass is 463 g/mol. The number of thioether (sulfide) groups is 1. The van der Waals surface area contributed by atoms with Crippen LogP contribution < -0.4 is 0 Å². The molecule has 0 aromatic heterocycles. The van der Waals surface area contributed by atoms with E-state index >= 15 is 0 Å². The van der Waals surface area contributed by atoms with E-state index in [1.54, 1.807) is 19.1 Å². The topological polar surface area (TPSA) is 83.9 Å². The second-order valence-corrected chi connectivity index (χ2v) is 7.16. The summed E-state index contributed by atoms with van der Waals surface area (Å²) in [7, 11) is 0. The van der Waals surface area contributed by atoms with Gasteiger partial charge in [0.05, 0.1) is 16.0 Å². The van der Waals surface area contributed by atoms with Crippen molar-refractivity contribution in [2.75, 3.05) is 13.2 Å². The first kappa shape index (κ1) is 18.0. The van der Waals surface area contributed by atoms with Gasteiger partial charge in [0.15, 0.2) is 0 Å². The molecule has 0 radical (unpaired) electrons. The van der Waals surface area contributed by atoms with Crippen LogP contribution in [0.4, 0.5) is 4.79 Å². The molecular formula is C14H11Br2NO5S. The van der Waals surface area contributed by atoms with Gasteiger partial charge >= 0.3 is 5.97 Å². The van der Waals surface area contributed by atoms with E-state index in [-0.39, 0.29) is 17.3 Å². The van der Waals surface area contributed by atoms with Gasteiger partial charge in [0.25, 0.3) is 11.1 Å². The van der Waals surface area contributed by atoms with Gasteiger partial charge in [-0.25, -0.2) is 0 Å². The predicted molar refractivity (Wildman–Crippen MR) is 92.8 cm³/mol. The summed E-state index contributed by atoms with van der Waals surface area (Å²) in [6, 6.07) is 3.26. The van der Waals surface area contributed by atoms with Crippen molar-refractivity contribution in [1.29, 1.82) is 0 Å². The molecule has 1 aromatic carbocycles. The summed E-state index contributed by atoms with van der Waals surface area (Å²) < 4.78 is 5.88. The summed E-state index contributed by atoms with van der Waals surface area (Å²) in [4.78, 5) is 36.5. The molecule has 6 nitrogen and oxygen atoms in total. The van der Waals surface area contributed by atoms with Crippen molar-refractivity contribution >= 4 is 66.8 Å². The number of nitrogens with zero attached hydrogens (tertiary/aromatic N) is 1. The quantitative estimate of drug-likeness (QED) is 0.542. The van der Waals surface area contributed by atoms with Gasteiger partial charge in [0, 0.05) is 10.0 Å². The number of benzene rings is 1. The van der Waals surface area contributed by atoms with Gasteiger partial charge in [-0.1, -0.05) is 15.9 Å². The van der Waals surface area contributed by atoms with Crippen LogP contribution in [0.25, 0.3) is 6.08 Å². The molecule has 2 amide bonds. The highest BCUT2D eigenvalue weighted by atomic mass is 79.9. The number of rotatable bonds is 4. The lowest BCUT2D eigenvalue weighted by Gasteiger charge is -2.10. The Morgan fingerprint density at radius 3 is 2.74 bits per heavy atom. The molecule has 0 saturated carbocycles. The SMILES string of the molecule is CCOC(=O)CN1C(=O)S/C(=C\c2cc(Br)cc(Br)c2O)C1=O. The first-order valence-corrected chi connectivity index (χ1v) is 8.82. The van der Waals surface area contributed by atoms with Crippen LogP contribution in [-0.2, 0) is 14.3 Å². The van der Waals surface area contributed by atoms with E-state index in [0.29, 0.717) is 26.3 Å². The summed E-state index contributed by atoms with van der Waals surface area (Å²) in [6.07, 6.45) is 1.40. The average molecular weight is 465 g/mol. The fourth-order valence-electron chi connectivity index (χ4n) is 1.81. The Labute approximate surface area is 153 Å². The van der Waals surface area contributed by atoms with E-state index < -0.39 is 23.7 Å². The molecule has 122 valence electrons. The fraction of sp³-hybridized carbons (Fsp3) is 0.214. The fourth-order valence-corrected chi connectivity index (χ4v) is 3.90. The zero-order chi connectivity index (χ0) is 17.1. The van der Waals surface area contributed by atoms with Gasteiger partial charge in [0.1, 0.15) is 12.3 Å². The molecule has 0 aliphatic carbocycles. The second kappa shape index (κ2) is 7.50. The van der Waals surface area contributed by atoms with E-state index in [1.165, 1.54) is 6.08 Å². The largest absolute Gasteiger partial charge is 0.506 e. The minimum absolute atomic E-state index is 0.0506. The van der Waals surface area contributed by atoms with Crippen molar-refractivity contribution in [3.05, 3.63) is 31.5 Å². The van der Waals surface area contributed by atoms with Crippen molar-refractivity contribution in [2.45, 2.75) is 6.92 Å². The van der Waals surface area contributed by atoms with Crippen LogP contribution in [0.3, 0.4) is 0 Å². The number of imide groups is 1. The molecule has 1 aliphatic heterocycles. The number of carbonyl (C=O) groups is 3. The van der Waals surface area contributed by atoms with Gasteiger partial charge in [0.2, 0.25) is 0 Å². The maximum absolute atomic E-state index is 12.2. The third-order valence-corrected chi connectivity index (χ3v) is 4.78. The van der Waals surface area contributed by atoms with Crippen LogP contribution in [0.2, 0.25) is 0 Å². The van der Waals surface area contributed by atoms with Crippen LogP contribution in [-0.4, -0.2) is 40.3 Å². The van der Waals surface area contributed by atoms with E-state index in [4.69, 9.17) is 4.74 Å². The van der Waals surface area contributed by atoms with Crippen molar-refractivity contribution in [3.63, 3.8) is 0 Å². The lowest BCUT2D eigenvalue weighted by molar-refractivity contribution is -0.145. The van der Waals surface area contributed by atoms with Gasteiger partial charge in [-0.05, 0) is 52.8 Å². The van der Waals surface area contributed by atoms with Gasteiger partial charge < -0.3 is 9.84 Å². The van der Waals surface area contributed by atoms with Crippen molar-refractivity contribution < 1.29 is 24.2 Å². The lowest BCUT2D eigenvalue weighted by atomic mass is 10.2. The summed E-state index contributed by atoms with van der Waals surface area (Å²) in [5, 5.41) is 9.46. The number of ether oxygens (including phenoxy) is 1. The maximum atomic E-state index is 12.2. The number of halogens is 2. The molecule has 1 N–H and O–H groups in total. The highest BCUT2D eigenvalue weighted by molar-refractivity contribution is 9.11. The molecule has 9 heteroatoms. The van der Waals surface area contributed by atoms with Gasteiger partial charge in [-0.15, -0.1) is 0 Å². The Morgan fingerprint density at radius 2 is 2.09 bits per heavy atom. The minimum Gasteiger partial charge on any atom is -0.506 e. The van der Waals surface area contributed by atoms with Crippen LogP contribution in [0.5, 0.6) is 5.75 Å². The molecular weight excluding hydrogens is 454 g/mol. The second-order valence-electron chi connectivity index (χ2n) is 4.40. The van der Waals surface area contributed by atoms with Crippen molar-refractivity contribution in [3.8, 4) is 5.75 Å². The van der Waals surface area contributed by atoms with Crippen molar-refractivity contribution in [2.24, 2.45) is 0 Å².